The lowest BCUT2D eigenvalue weighted by Gasteiger charge is -2.34. The zero-order valence-electron chi connectivity index (χ0n) is 24.9. The van der Waals surface area contributed by atoms with Crippen LogP contribution >= 0.6 is 0 Å². The van der Waals surface area contributed by atoms with Crippen molar-refractivity contribution in [3.63, 3.8) is 0 Å². The molecule has 0 spiro atoms. The van der Waals surface area contributed by atoms with Gasteiger partial charge in [0.1, 0.15) is 24.2 Å². The van der Waals surface area contributed by atoms with Crippen molar-refractivity contribution in [1.29, 1.82) is 0 Å². The Balaban J connectivity index is 3.56. The van der Waals surface area contributed by atoms with E-state index in [9.17, 15) is 24.0 Å². The number of hydrogen-bond acceptors (Lipinski definition) is 7. The summed E-state index contributed by atoms with van der Waals surface area (Å²) < 4.78 is 9.96. The number of primary amides is 1. The maximum atomic E-state index is 14.1. The zero-order valence-corrected chi connectivity index (χ0v) is 24.9. The van der Waals surface area contributed by atoms with Crippen molar-refractivity contribution in [3.8, 4) is 0 Å². The minimum absolute atomic E-state index is 0.164. The lowest BCUT2D eigenvalue weighted by molar-refractivity contribution is -0.145. The molecule has 2 atom stereocenters. The van der Waals surface area contributed by atoms with Crippen LogP contribution in [0.15, 0.2) is 18.2 Å². The summed E-state index contributed by atoms with van der Waals surface area (Å²) >= 11 is 0. The van der Waals surface area contributed by atoms with Gasteiger partial charge >= 0.3 is 12.1 Å². The molecule has 11 heteroatoms. The number of nitrogens with two attached hydrogens (primary N) is 1. The van der Waals surface area contributed by atoms with E-state index in [2.05, 4.69) is 22.3 Å². The molecular weight excluding hydrogens is 516 g/mol. The van der Waals surface area contributed by atoms with Crippen LogP contribution in [0.25, 0.3) is 0 Å². The number of alkyl carbamates (subject to hydrolysis) is 1. The summed E-state index contributed by atoms with van der Waals surface area (Å²) in [7, 11) is 1.21. The second kappa shape index (κ2) is 16.5. The monoisotopic (exact) mass is 562 g/mol. The lowest BCUT2D eigenvalue weighted by Crippen LogP contribution is -2.54. The van der Waals surface area contributed by atoms with Crippen LogP contribution in [0.3, 0.4) is 0 Å². The fourth-order valence-corrected chi connectivity index (χ4v) is 4.27. The number of nitrogens with one attached hydrogen (secondary N) is 2. The molecule has 11 nitrogen and oxygen atoms in total. The number of carbonyl (C=O) groups is 5. The van der Waals surface area contributed by atoms with Crippen LogP contribution in [-0.4, -0.2) is 66.5 Å². The van der Waals surface area contributed by atoms with Gasteiger partial charge < -0.3 is 30.7 Å². The van der Waals surface area contributed by atoms with E-state index in [1.807, 2.05) is 19.9 Å². The third-order valence-electron chi connectivity index (χ3n) is 5.93. The predicted octanol–water partition coefficient (Wildman–Crippen LogP) is 3.20. The predicted molar refractivity (Wildman–Crippen MR) is 151 cm³/mol. The standard InChI is InChI=1S/C29H46N4O7/c1-8-9-10-11-12-13-33(27(37)22(17-23(30)34)32-28(38)40-29(4,5)6)25(26(36)31-18-24(35)39-7)21-15-19(2)14-20(3)16-21/h14-16,22,25H,8-13,17-18H2,1-7H3,(H2,30,34)(H,31,36)(H,32,38). The van der Waals surface area contributed by atoms with Crippen molar-refractivity contribution < 1.29 is 33.4 Å². The Morgan fingerprint density at radius 2 is 1.57 bits per heavy atom. The lowest BCUT2D eigenvalue weighted by atomic mass is 9.97. The zero-order chi connectivity index (χ0) is 30.5. The van der Waals surface area contributed by atoms with Gasteiger partial charge in [-0.3, -0.25) is 19.2 Å². The topological polar surface area (TPSA) is 157 Å². The normalized spacial score (nSPS) is 12.6. The highest BCUT2D eigenvalue weighted by Gasteiger charge is 2.37. The summed E-state index contributed by atoms with van der Waals surface area (Å²) in [4.78, 5) is 65.3. The molecule has 0 aliphatic carbocycles. The molecule has 0 saturated heterocycles. The first kappa shape index (κ1) is 34.4. The Labute approximate surface area is 237 Å². The summed E-state index contributed by atoms with van der Waals surface area (Å²) in [6.45, 7) is 10.6. The SMILES string of the molecule is CCCCCCCN(C(=O)C(CC(N)=O)NC(=O)OC(C)(C)C)C(C(=O)NCC(=O)OC)c1cc(C)cc(C)c1. The van der Waals surface area contributed by atoms with E-state index in [1.165, 1.54) is 12.0 Å². The number of aryl methyl sites for hydroxylation is 2. The summed E-state index contributed by atoms with van der Waals surface area (Å²) in [5.74, 6) is -2.73. The molecule has 1 rings (SSSR count). The number of nitrogens with zero attached hydrogens (tertiary/aromatic N) is 1. The molecule has 2 unspecified atom stereocenters. The molecule has 0 heterocycles. The molecule has 4 N–H and O–H groups in total. The number of ether oxygens (including phenoxy) is 2. The molecule has 4 amide bonds. The third-order valence-corrected chi connectivity index (χ3v) is 5.93. The molecule has 0 fully saturated rings. The Morgan fingerprint density at radius 1 is 0.975 bits per heavy atom. The number of benzene rings is 1. The largest absolute Gasteiger partial charge is 0.468 e. The van der Waals surface area contributed by atoms with Crippen LogP contribution in [0.4, 0.5) is 4.79 Å². The van der Waals surface area contributed by atoms with E-state index in [4.69, 9.17) is 10.5 Å². The Morgan fingerprint density at radius 3 is 2.10 bits per heavy atom. The van der Waals surface area contributed by atoms with Gasteiger partial charge in [-0.25, -0.2) is 4.79 Å². The summed E-state index contributed by atoms with van der Waals surface area (Å²) in [6, 6.07) is 2.99. The number of esters is 1. The number of rotatable bonds is 15. The number of hydrogen-bond donors (Lipinski definition) is 3. The van der Waals surface area contributed by atoms with Crippen LogP contribution < -0.4 is 16.4 Å². The van der Waals surface area contributed by atoms with Gasteiger partial charge in [0.2, 0.25) is 17.7 Å². The fourth-order valence-electron chi connectivity index (χ4n) is 4.27. The molecule has 0 aromatic heterocycles. The van der Waals surface area contributed by atoms with E-state index < -0.39 is 60.4 Å². The van der Waals surface area contributed by atoms with Crippen molar-refractivity contribution in [3.05, 3.63) is 34.9 Å². The van der Waals surface area contributed by atoms with Crippen molar-refractivity contribution in [2.45, 2.75) is 97.8 Å². The van der Waals surface area contributed by atoms with Crippen molar-refractivity contribution in [2.24, 2.45) is 5.73 Å². The van der Waals surface area contributed by atoms with E-state index >= 15 is 0 Å². The Hall–Kier alpha value is -3.63. The maximum Gasteiger partial charge on any atom is 0.408 e. The first-order valence-corrected chi connectivity index (χ1v) is 13.7. The molecule has 0 aliphatic rings. The van der Waals surface area contributed by atoms with Gasteiger partial charge in [0.15, 0.2) is 0 Å². The first-order valence-electron chi connectivity index (χ1n) is 13.7. The summed E-state index contributed by atoms with van der Waals surface area (Å²) in [5, 5.41) is 5.02. The van der Waals surface area contributed by atoms with Crippen LogP contribution in [-0.2, 0) is 28.7 Å². The third kappa shape index (κ3) is 12.5. The molecular formula is C29H46N4O7. The Kier molecular flexibility index (Phi) is 14.2. The van der Waals surface area contributed by atoms with E-state index in [1.54, 1.807) is 32.9 Å². The number of methoxy groups -OCH3 is 1. The van der Waals surface area contributed by atoms with Crippen molar-refractivity contribution >= 4 is 29.8 Å². The Bertz CT molecular complexity index is 1020. The van der Waals surface area contributed by atoms with Crippen LogP contribution in [0.2, 0.25) is 0 Å². The van der Waals surface area contributed by atoms with E-state index in [0.29, 0.717) is 12.0 Å². The van der Waals surface area contributed by atoms with Gasteiger partial charge in [-0.15, -0.1) is 0 Å². The van der Waals surface area contributed by atoms with Gasteiger partial charge in [0, 0.05) is 6.54 Å². The van der Waals surface area contributed by atoms with Crippen LogP contribution in [0.1, 0.15) is 89.0 Å². The fraction of sp³-hybridized carbons (Fsp3) is 0.621. The smallest absolute Gasteiger partial charge is 0.408 e. The molecule has 224 valence electrons. The average molecular weight is 563 g/mol. The first-order chi connectivity index (χ1) is 18.7. The second-order valence-electron chi connectivity index (χ2n) is 10.9. The molecule has 1 aromatic carbocycles. The minimum Gasteiger partial charge on any atom is -0.468 e. The van der Waals surface area contributed by atoms with Gasteiger partial charge in [-0.1, -0.05) is 61.9 Å². The number of amides is 4. The number of unbranched alkanes of at least 4 members (excludes halogenated alkanes) is 4. The van der Waals surface area contributed by atoms with Gasteiger partial charge in [0.25, 0.3) is 0 Å². The quantitative estimate of drug-likeness (QED) is 0.219. The summed E-state index contributed by atoms with van der Waals surface area (Å²) in [5.41, 5.74) is 6.86. The van der Waals surface area contributed by atoms with Gasteiger partial charge in [-0.05, 0) is 46.6 Å². The highest BCUT2D eigenvalue weighted by atomic mass is 16.6. The van der Waals surface area contributed by atoms with Crippen molar-refractivity contribution in [1.82, 2.24) is 15.5 Å². The summed E-state index contributed by atoms with van der Waals surface area (Å²) in [6.07, 6.45) is 3.00. The average Bonchev–Trinajstić information content (AvgIpc) is 2.83. The highest BCUT2D eigenvalue weighted by molar-refractivity contribution is 5.95. The van der Waals surface area contributed by atoms with E-state index in [0.717, 1.165) is 36.8 Å². The molecule has 0 saturated carbocycles. The van der Waals surface area contributed by atoms with Crippen molar-refractivity contribution in [2.75, 3.05) is 20.2 Å². The second-order valence-corrected chi connectivity index (χ2v) is 10.9. The highest BCUT2D eigenvalue weighted by Crippen LogP contribution is 2.26. The van der Waals surface area contributed by atoms with E-state index in [-0.39, 0.29) is 6.54 Å². The minimum atomic E-state index is -1.37. The van der Waals surface area contributed by atoms with Gasteiger partial charge in [-0.2, -0.15) is 0 Å². The maximum absolute atomic E-state index is 14.1. The molecule has 0 bridgehead atoms. The number of carbonyl (C=O) groups excluding carboxylic acids is 5. The molecule has 40 heavy (non-hydrogen) atoms. The van der Waals surface area contributed by atoms with Crippen LogP contribution in [0.5, 0.6) is 0 Å². The van der Waals surface area contributed by atoms with Gasteiger partial charge in [0.05, 0.1) is 13.5 Å². The molecule has 0 radical (unpaired) electrons. The molecule has 1 aromatic rings. The van der Waals surface area contributed by atoms with Crippen LogP contribution in [0, 0.1) is 13.8 Å². The molecule has 0 aliphatic heterocycles.